The molecule has 16 heavy (non-hydrogen) atoms. The van der Waals surface area contributed by atoms with Gasteiger partial charge in [-0.3, -0.25) is 0 Å². The van der Waals surface area contributed by atoms with Gasteiger partial charge in [-0.05, 0) is 11.6 Å². The molecule has 0 aromatic carbocycles. The van der Waals surface area contributed by atoms with E-state index >= 15 is 0 Å². The second-order valence-corrected chi connectivity index (χ2v) is 3.08. The third-order valence-electron chi connectivity index (χ3n) is 1.60. The van der Waals surface area contributed by atoms with Crippen LogP contribution in [0.4, 0.5) is 0 Å². The number of hydrazone groups is 1. The summed E-state index contributed by atoms with van der Waals surface area (Å²) < 4.78 is 4.66. The van der Waals surface area contributed by atoms with Gasteiger partial charge in [0.25, 0.3) is 0 Å². The smallest absolute Gasteiger partial charge is 0.359 e. The number of nitrogens with zero attached hydrogens (tertiary/aromatic N) is 3. The summed E-state index contributed by atoms with van der Waals surface area (Å²) >= 11 is 5.60. The van der Waals surface area contributed by atoms with Crippen LogP contribution in [0.2, 0.25) is 5.15 Å². The molecule has 0 bridgehead atoms. The molecule has 7 nitrogen and oxygen atoms in total. The molecule has 0 saturated carbocycles. The zero-order valence-electron chi connectivity index (χ0n) is 8.38. The van der Waals surface area contributed by atoms with Gasteiger partial charge in [0.05, 0.1) is 7.11 Å². The molecule has 1 rings (SSSR count). The van der Waals surface area contributed by atoms with Crippen LogP contribution in [0.3, 0.4) is 0 Å². The maximum Gasteiger partial charge on any atom is 0.359 e. The standard InChI is InChI=1S/C8H9ClN4O3/c1-16-8(12-13(14)15)11-5-6-2-3-7(9)10-4-6/h2-4H,5H2,1H3,(H,11,12). The van der Waals surface area contributed by atoms with Crippen molar-refractivity contribution in [2.24, 2.45) is 5.10 Å². The highest BCUT2D eigenvalue weighted by atomic mass is 35.5. The summed E-state index contributed by atoms with van der Waals surface area (Å²) in [5.41, 5.74) is 0.803. The van der Waals surface area contributed by atoms with Crippen molar-refractivity contribution in [1.29, 1.82) is 0 Å². The number of halogens is 1. The fourth-order valence-electron chi connectivity index (χ4n) is 0.911. The minimum atomic E-state index is -0.841. The third-order valence-corrected chi connectivity index (χ3v) is 1.82. The van der Waals surface area contributed by atoms with E-state index in [9.17, 15) is 10.1 Å². The number of rotatable bonds is 3. The molecule has 0 aliphatic carbocycles. The first kappa shape index (κ1) is 12.2. The highest BCUT2D eigenvalue weighted by molar-refractivity contribution is 6.29. The van der Waals surface area contributed by atoms with E-state index in [1.807, 2.05) is 0 Å². The Bertz CT molecular complexity index is 393. The van der Waals surface area contributed by atoms with Crippen molar-refractivity contribution in [3.63, 3.8) is 0 Å². The minimum Gasteiger partial charge on any atom is -0.464 e. The Morgan fingerprint density at radius 2 is 2.50 bits per heavy atom. The third kappa shape index (κ3) is 4.09. The lowest BCUT2D eigenvalue weighted by Crippen LogP contribution is -2.25. The number of aromatic nitrogens is 1. The molecule has 0 unspecified atom stereocenters. The molecule has 0 aliphatic heterocycles. The Balaban J connectivity index is 2.56. The van der Waals surface area contributed by atoms with Crippen molar-refractivity contribution in [3.05, 3.63) is 39.2 Å². The van der Waals surface area contributed by atoms with Crippen molar-refractivity contribution < 1.29 is 9.77 Å². The van der Waals surface area contributed by atoms with Crippen LogP contribution in [-0.2, 0) is 11.3 Å². The second kappa shape index (κ2) is 5.86. The monoisotopic (exact) mass is 244 g/mol. The number of amidine groups is 1. The first-order valence-electron chi connectivity index (χ1n) is 4.23. The molecule has 0 aliphatic rings. The van der Waals surface area contributed by atoms with Gasteiger partial charge in [-0.1, -0.05) is 17.7 Å². The van der Waals surface area contributed by atoms with Gasteiger partial charge in [-0.15, -0.1) is 0 Å². The summed E-state index contributed by atoms with van der Waals surface area (Å²) in [5.74, 6) is 0. The van der Waals surface area contributed by atoms with E-state index in [0.717, 1.165) is 5.56 Å². The molecule has 0 amide bonds. The quantitative estimate of drug-likeness (QED) is 0.282. The van der Waals surface area contributed by atoms with Gasteiger partial charge in [0.1, 0.15) is 10.3 Å². The van der Waals surface area contributed by atoms with Crippen molar-refractivity contribution >= 4 is 17.6 Å². The highest BCUT2D eigenvalue weighted by Gasteiger charge is 2.04. The molecule has 86 valence electrons. The largest absolute Gasteiger partial charge is 0.464 e. The van der Waals surface area contributed by atoms with E-state index in [1.165, 1.54) is 7.11 Å². The molecule has 0 spiro atoms. The van der Waals surface area contributed by atoms with Gasteiger partial charge in [0.2, 0.25) is 0 Å². The van der Waals surface area contributed by atoms with E-state index in [-0.39, 0.29) is 6.02 Å². The summed E-state index contributed by atoms with van der Waals surface area (Å²) in [7, 11) is 1.29. The molecule has 1 aromatic rings. The number of nitrogens with one attached hydrogen (secondary N) is 1. The molecule has 0 fully saturated rings. The van der Waals surface area contributed by atoms with Crippen LogP contribution in [-0.4, -0.2) is 23.1 Å². The van der Waals surface area contributed by atoms with Crippen molar-refractivity contribution in [2.75, 3.05) is 7.11 Å². The van der Waals surface area contributed by atoms with Crippen LogP contribution in [0, 0.1) is 10.1 Å². The number of methoxy groups -OCH3 is 1. The Morgan fingerprint density at radius 3 is 3.00 bits per heavy atom. The van der Waals surface area contributed by atoms with Gasteiger partial charge < -0.3 is 10.1 Å². The van der Waals surface area contributed by atoms with Crippen LogP contribution in [0.5, 0.6) is 0 Å². The van der Waals surface area contributed by atoms with Crippen LogP contribution in [0.15, 0.2) is 23.4 Å². The van der Waals surface area contributed by atoms with E-state index in [4.69, 9.17) is 11.6 Å². The lowest BCUT2D eigenvalue weighted by atomic mass is 10.3. The first-order valence-corrected chi connectivity index (χ1v) is 4.61. The zero-order chi connectivity index (χ0) is 12.0. The second-order valence-electron chi connectivity index (χ2n) is 2.69. The van der Waals surface area contributed by atoms with Crippen molar-refractivity contribution in [3.8, 4) is 0 Å². The zero-order valence-corrected chi connectivity index (χ0v) is 9.14. The fraction of sp³-hybridized carbons (Fsp3) is 0.250. The number of ether oxygens (including phenoxy) is 1. The Kier molecular flexibility index (Phi) is 4.46. The summed E-state index contributed by atoms with van der Waals surface area (Å²) in [6, 6.07) is 3.19. The maximum absolute atomic E-state index is 10.1. The Morgan fingerprint density at radius 1 is 1.75 bits per heavy atom. The molecule has 0 radical (unpaired) electrons. The van der Waals surface area contributed by atoms with Crippen LogP contribution in [0.25, 0.3) is 0 Å². The fourth-order valence-corrected chi connectivity index (χ4v) is 1.02. The minimum absolute atomic E-state index is 0.167. The van der Waals surface area contributed by atoms with Crippen molar-refractivity contribution in [1.82, 2.24) is 10.3 Å². The van der Waals surface area contributed by atoms with Crippen LogP contribution >= 0.6 is 11.6 Å². The van der Waals surface area contributed by atoms with E-state index in [2.05, 4.69) is 20.1 Å². The molecular weight excluding hydrogens is 236 g/mol. The summed E-state index contributed by atoms with van der Waals surface area (Å²) in [6.07, 6.45) is 1.55. The van der Waals surface area contributed by atoms with E-state index in [1.54, 1.807) is 18.3 Å². The van der Waals surface area contributed by atoms with Gasteiger partial charge in [-0.25, -0.2) is 15.1 Å². The van der Waals surface area contributed by atoms with Gasteiger partial charge in [0, 0.05) is 12.7 Å². The van der Waals surface area contributed by atoms with E-state index < -0.39 is 5.03 Å². The average Bonchev–Trinajstić information content (AvgIpc) is 2.26. The molecule has 0 atom stereocenters. The average molecular weight is 245 g/mol. The number of pyridine rings is 1. The van der Waals surface area contributed by atoms with Gasteiger partial charge in [0.15, 0.2) is 5.03 Å². The molecule has 1 aromatic heterocycles. The van der Waals surface area contributed by atoms with Gasteiger partial charge >= 0.3 is 6.02 Å². The van der Waals surface area contributed by atoms with Crippen LogP contribution < -0.4 is 5.32 Å². The van der Waals surface area contributed by atoms with E-state index in [0.29, 0.717) is 11.7 Å². The SMILES string of the molecule is CO/C(=N\[N+](=O)[O-])NCc1ccc(Cl)nc1. The molecule has 1 N–H and O–H groups in total. The first-order chi connectivity index (χ1) is 7.61. The summed E-state index contributed by atoms with van der Waals surface area (Å²) in [5, 5.41) is 15.3. The number of nitro groups is 1. The number of hydrogen-bond acceptors (Lipinski definition) is 4. The van der Waals surface area contributed by atoms with Crippen molar-refractivity contribution in [2.45, 2.75) is 6.54 Å². The maximum atomic E-state index is 10.1. The summed E-state index contributed by atoms with van der Waals surface area (Å²) in [4.78, 5) is 13.9. The number of hydrogen-bond donors (Lipinski definition) is 1. The predicted octanol–water partition coefficient (Wildman–Crippen LogP) is 1.02. The molecule has 0 saturated heterocycles. The highest BCUT2D eigenvalue weighted by Crippen LogP contribution is 2.04. The summed E-state index contributed by atoms with van der Waals surface area (Å²) in [6.45, 7) is 0.310. The molecule has 8 heteroatoms. The lowest BCUT2D eigenvalue weighted by molar-refractivity contribution is -0.486. The normalized spacial score (nSPS) is 11.0. The van der Waals surface area contributed by atoms with Gasteiger partial charge in [-0.2, -0.15) is 0 Å². The molecule has 1 heterocycles. The molecular formula is C8H9ClN4O3. The van der Waals surface area contributed by atoms with Crippen LogP contribution in [0.1, 0.15) is 5.56 Å². The topological polar surface area (TPSA) is 89.7 Å². The Hall–Kier alpha value is -1.89. The Labute approximate surface area is 96.2 Å². The lowest BCUT2D eigenvalue weighted by Gasteiger charge is -2.04. The predicted molar refractivity (Wildman–Crippen MR) is 57.5 cm³/mol.